The Hall–Kier alpha value is -1.91. The van der Waals surface area contributed by atoms with Gasteiger partial charge < -0.3 is 19.7 Å². The number of nitrogens with one attached hydrogen (secondary N) is 1. The Morgan fingerprint density at radius 2 is 1.91 bits per heavy atom. The highest BCUT2D eigenvalue weighted by Gasteiger charge is 2.27. The van der Waals surface area contributed by atoms with Gasteiger partial charge in [-0.05, 0) is 30.4 Å². The lowest BCUT2D eigenvalue weighted by Crippen LogP contribution is -2.50. The predicted molar refractivity (Wildman–Crippen MR) is 84.3 cm³/mol. The number of urea groups is 1. The number of rotatable bonds is 2. The van der Waals surface area contributed by atoms with Crippen LogP contribution in [0.25, 0.3) is 0 Å². The van der Waals surface area contributed by atoms with Crippen LogP contribution in [0.2, 0.25) is 0 Å². The fourth-order valence-electron chi connectivity index (χ4n) is 3.31. The third-order valence-corrected chi connectivity index (χ3v) is 4.20. The number of ether oxygens (including phenoxy) is 2. The maximum absolute atomic E-state index is 12.3. The first-order chi connectivity index (χ1) is 10.6. The fraction of sp³-hybridized carbons (Fsp3) is 0.588. The Morgan fingerprint density at radius 3 is 2.64 bits per heavy atom. The molecule has 3 atom stereocenters. The third kappa shape index (κ3) is 3.46. The van der Waals surface area contributed by atoms with Crippen molar-refractivity contribution in [3.8, 4) is 11.5 Å². The molecule has 5 heteroatoms. The summed E-state index contributed by atoms with van der Waals surface area (Å²) in [6.45, 7) is 6.99. The monoisotopic (exact) mass is 304 g/mol. The topological polar surface area (TPSA) is 50.8 Å². The first-order valence-electron chi connectivity index (χ1n) is 8.03. The van der Waals surface area contributed by atoms with Crippen molar-refractivity contribution in [1.82, 2.24) is 10.2 Å². The summed E-state index contributed by atoms with van der Waals surface area (Å²) in [5.41, 5.74) is 0. The van der Waals surface area contributed by atoms with Gasteiger partial charge in [-0.3, -0.25) is 0 Å². The second-order valence-electron chi connectivity index (χ2n) is 6.53. The molecule has 0 aliphatic carbocycles. The molecule has 0 bridgehead atoms. The van der Waals surface area contributed by atoms with Crippen LogP contribution in [-0.2, 0) is 0 Å². The molecule has 2 heterocycles. The van der Waals surface area contributed by atoms with Gasteiger partial charge >= 0.3 is 6.03 Å². The average Bonchev–Trinajstić information content (AvgIpc) is 2.51. The number of carbonyl (C=O) groups excluding carboxylic acids is 1. The molecule has 5 nitrogen and oxygen atoms in total. The van der Waals surface area contributed by atoms with Crippen molar-refractivity contribution < 1.29 is 14.3 Å². The van der Waals surface area contributed by atoms with Gasteiger partial charge in [0, 0.05) is 13.1 Å². The molecule has 3 rings (SSSR count). The molecule has 1 saturated heterocycles. The highest BCUT2D eigenvalue weighted by atomic mass is 16.6. The van der Waals surface area contributed by atoms with E-state index in [0.29, 0.717) is 25.0 Å². The van der Waals surface area contributed by atoms with E-state index in [2.05, 4.69) is 19.2 Å². The van der Waals surface area contributed by atoms with E-state index in [1.54, 1.807) is 0 Å². The van der Waals surface area contributed by atoms with Gasteiger partial charge in [-0.1, -0.05) is 26.0 Å². The number of piperidine rings is 1. The molecule has 0 aromatic heterocycles. The zero-order chi connectivity index (χ0) is 15.5. The maximum Gasteiger partial charge on any atom is 0.317 e. The first-order valence-corrected chi connectivity index (χ1v) is 8.03. The van der Waals surface area contributed by atoms with E-state index in [-0.39, 0.29) is 12.1 Å². The summed E-state index contributed by atoms with van der Waals surface area (Å²) in [5, 5.41) is 2.98. The van der Waals surface area contributed by atoms with Crippen LogP contribution in [0.1, 0.15) is 20.3 Å². The van der Waals surface area contributed by atoms with Crippen LogP contribution in [0.4, 0.5) is 4.79 Å². The number of amides is 2. The molecular formula is C17H24N2O3. The number of fused-ring (bicyclic) bond motifs is 1. The summed E-state index contributed by atoms with van der Waals surface area (Å²) >= 11 is 0. The molecule has 1 aromatic rings. The Balaban J connectivity index is 1.50. The van der Waals surface area contributed by atoms with E-state index in [9.17, 15) is 4.79 Å². The Kier molecular flexibility index (Phi) is 4.41. The SMILES string of the molecule is CC1CC(C)CN(C(=O)NCC2COc3ccccc3O2)C1. The zero-order valence-corrected chi connectivity index (χ0v) is 13.2. The van der Waals surface area contributed by atoms with Gasteiger partial charge in [-0.25, -0.2) is 4.79 Å². The van der Waals surface area contributed by atoms with Crippen LogP contribution in [0.15, 0.2) is 24.3 Å². The zero-order valence-electron chi connectivity index (χ0n) is 13.2. The molecule has 1 N–H and O–H groups in total. The number of hydrogen-bond donors (Lipinski definition) is 1. The van der Waals surface area contributed by atoms with Gasteiger partial charge in [0.15, 0.2) is 17.6 Å². The van der Waals surface area contributed by atoms with Crippen molar-refractivity contribution in [2.24, 2.45) is 11.8 Å². The largest absolute Gasteiger partial charge is 0.486 e. The molecule has 2 aliphatic rings. The smallest absolute Gasteiger partial charge is 0.317 e. The molecule has 22 heavy (non-hydrogen) atoms. The first kappa shape index (κ1) is 15.0. The van der Waals surface area contributed by atoms with Gasteiger partial charge in [0.2, 0.25) is 0 Å². The number of benzene rings is 1. The average molecular weight is 304 g/mol. The second-order valence-corrected chi connectivity index (χ2v) is 6.53. The van der Waals surface area contributed by atoms with E-state index in [4.69, 9.17) is 9.47 Å². The van der Waals surface area contributed by atoms with Crippen molar-refractivity contribution >= 4 is 6.03 Å². The summed E-state index contributed by atoms with van der Waals surface area (Å²) < 4.78 is 11.5. The van der Waals surface area contributed by atoms with E-state index in [1.807, 2.05) is 29.2 Å². The van der Waals surface area contributed by atoms with E-state index in [0.717, 1.165) is 24.6 Å². The van der Waals surface area contributed by atoms with Crippen LogP contribution in [0, 0.1) is 11.8 Å². The van der Waals surface area contributed by atoms with Crippen molar-refractivity contribution in [1.29, 1.82) is 0 Å². The van der Waals surface area contributed by atoms with Gasteiger partial charge in [0.25, 0.3) is 0 Å². The highest BCUT2D eigenvalue weighted by Crippen LogP contribution is 2.30. The van der Waals surface area contributed by atoms with Crippen molar-refractivity contribution in [2.75, 3.05) is 26.2 Å². The molecule has 1 aromatic carbocycles. The quantitative estimate of drug-likeness (QED) is 0.913. The van der Waals surface area contributed by atoms with Crippen LogP contribution in [0.3, 0.4) is 0 Å². The van der Waals surface area contributed by atoms with Gasteiger partial charge in [-0.2, -0.15) is 0 Å². The minimum absolute atomic E-state index is 0.000795. The van der Waals surface area contributed by atoms with Crippen molar-refractivity contribution in [2.45, 2.75) is 26.4 Å². The summed E-state index contributed by atoms with van der Waals surface area (Å²) in [4.78, 5) is 14.2. The molecule has 1 fully saturated rings. The van der Waals surface area contributed by atoms with E-state index >= 15 is 0 Å². The molecule has 0 saturated carbocycles. The van der Waals surface area contributed by atoms with Gasteiger partial charge in [0.1, 0.15) is 6.61 Å². The summed E-state index contributed by atoms with van der Waals surface area (Å²) in [7, 11) is 0. The van der Waals surface area contributed by atoms with Crippen molar-refractivity contribution in [3.05, 3.63) is 24.3 Å². The van der Waals surface area contributed by atoms with E-state index in [1.165, 1.54) is 6.42 Å². The molecule has 2 aliphatic heterocycles. The molecule has 3 unspecified atom stereocenters. The fourth-order valence-corrected chi connectivity index (χ4v) is 3.31. The number of carbonyl (C=O) groups is 1. The van der Waals surface area contributed by atoms with Crippen LogP contribution in [-0.4, -0.2) is 43.3 Å². The van der Waals surface area contributed by atoms with Gasteiger partial charge in [-0.15, -0.1) is 0 Å². The number of para-hydroxylation sites is 2. The Morgan fingerprint density at radius 1 is 1.23 bits per heavy atom. The minimum atomic E-state index is -0.140. The molecule has 120 valence electrons. The van der Waals surface area contributed by atoms with Crippen LogP contribution in [0.5, 0.6) is 11.5 Å². The molecule has 0 radical (unpaired) electrons. The normalized spacial score (nSPS) is 27.4. The minimum Gasteiger partial charge on any atom is -0.486 e. The lowest BCUT2D eigenvalue weighted by molar-refractivity contribution is 0.0878. The van der Waals surface area contributed by atoms with Crippen LogP contribution < -0.4 is 14.8 Å². The number of nitrogens with zero attached hydrogens (tertiary/aromatic N) is 1. The second kappa shape index (κ2) is 6.46. The Bertz CT molecular complexity index is 524. The molecule has 0 spiro atoms. The lowest BCUT2D eigenvalue weighted by Gasteiger charge is -2.35. The number of hydrogen-bond acceptors (Lipinski definition) is 3. The third-order valence-electron chi connectivity index (χ3n) is 4.20. The lowest BCUT2D eigenvalue weighted by atomic mass is 9.92. The molecule has 2 amide bonds. The molecular weight excluding hydrogens is 280 g/mol. The summed E-state index contributed by atoms with van der Waals surface area (Å²) in [6.07, 6.45) is 1.05. The van der Waals surface area contributed by atoms with E-state index < -0.39 is 0 Å². The van der Waals surface area contributed by atoms with Gasteiger partial charge in [0.05, 0.1) is 6.54 Å². The predicted octanol–water partition coefficient (Wildman–Crippen LogP) is 2.51. The van der Waals surface area contributed by atoms with Crippen LogP contribution >= 0.6 is 0 Å². The standard InChI is InChI=1S/C17H24N2O3/c1-12-7-13(2)10-19(9-12)17(20)18-8-14-11-21-15-5-3-4-6-16(15)22-14/h3-6,12-14H,7-11H2,1-2H3,(H,18,20). The summed E-state index contributed by atoms with van der Waals surface area (Å²) in [5.74, 6) is 2.64. The summed E-state index contributed by atoms with van der Waals surface area (Å²) in [6, 6.07) is 7.61. The maximum atomic E-state index is 12.3. The highest BCUT2D eigenvalue weighted by molar-refractivity contribution is 5.74. The number of likely N-dealkylation sites (tertiary alicyclic amines) is 1. The van der Waals surface area contributed by atoms with Crippen molar-refractivity contribution in [3.63, 3.8) is 0 Å². The Labute approximate surface area is 131 Å².